The average Bonchev–Trinajstić information content (AvgIpc) is 2.65. The minimum Gasteiger partial charge on any atom is -0.480 e. The van der Waals surface area contributed by atoms with E-state index in [0.29, 0.717) is 5.56 Å². The number of nitrogens with two attached hydrogens (primary N) is 1. The number of carbonyl (C=O) groups excluding carboxylic acids is 1. The summed E-state index contributed by atoms with van der Waals surface area (Å²) in [5, 5.41) is 9.70. The van der Waals surface area contributed by atoms with Crippen LogP contribution in [0, 0.1) is 6.92 Å². The van der Waals surface area contributed by atoms with Crippen molar-refractivity contribution in [1.82, 2.24) is 4.98 Å². The molecule has 0 fully saturated rings. The number of fused-ring (bicyclic) bond motifs is 1. The molecule has 0 saturated carbocycles. The van der Waals surface area contributed by atoms with Crippen molar-refractivity contribution < 1.29 is 14.7 Å². The third kappa shape index (κ3) is 3.76. The summed E-state index contributed by atoms with van der Waals surface area (Å²) in [6.07, 6.45) is 0. The van der Waals surface area contributed by atoms with E-state index < -0.39 is 12.0 Å². The van der Waals surface area contributed by atoms with Gasteiger partial charge in [0.1, 0.15) is 6.04 Å². The molecule has 2 aromatic carbocycles. The topological polar surface area (TPSA) is 93.3 Å². The summed E-state index contributed by atoms with van der Waals surface area (Å²) < 4.78 is 0. The molecule has 3 aromatic rings. The van der Waals surface area contributed by atoms with Crippen molar-refractivity contribution in [1.29, 1.82) is 0 Å². The number of carboxylic acids is 1. The molecular weight excluding hydrogens is 348 g/mol. The number of hydrogen-bond acceptors (Lipinski definition) is 5. The Morgan fingerprint density at radius 1 is 1.12 bits per heavy atom. The second-order valence-corrected chi connectivity index (χ2v) is 6.90. The van der Waals surface area contributed by atoms with Crippen molar-refractivity contribution in [3.8, 4) is 11.3 Å². The number of thioether (sulfide) groups is 1. The van der Waals surface area contributed by atoms with Crippen molar-refractivity contribution in [2.75, 3.05) is 5.75 Å². The lowest BCUT2D eigenvalue weighted by atomic mass is 10.00. The van der Waals surface area contributed by atoms with E-state index in [1.54, 1.807) is 6.07 Å². The molecule has 6 heteroatoms. The van der Waals surface area contributed by atoms with E-state index in [2.05, 4.69) is 4.98 Å². The smallest absolute Gasteiger partial charge is 0.321 e. The molecule has 3 rings (SSSR count). The van der Waals surface area contributed by atoms with Crippen LogP contribution in [0.1, 0.15) is 15.9 Å². The fourth-order valence-electron chi connectivity index (χ4n) is 2.66. The first kappa shape index (κ1) is 18.1. The predicted octanol–water partition coefficient (Wildman–Crippen LogP) is 3.50. The molecule has 5 nitrogen and oxygen atoms in total. The summed E-state index contributed by atoms with van der Waals surface area (Å²) in [7, 11) is 0. The third-order valence-electron chi connectivity index (χ3n) is 4.14. The van der Waals surface area contributed by atoms with Crippen LogP contribution >= 0.6 is 11.8 Å². The monoisotopic (exact) mass is 366 g/mol. The van der Waals surface area contributed by atoms with Gasteiger partial charge in [-0.3, -0.25) is 9.59 Å². The van der Waals surface area contributed by atoms with E-state index in [9.17, 15) is 9.59 Å². The Labute approximate surface area is 155 Å². The highest BCUT2D eigenvalue weighted by Gasteiger charge is 2.18. The van der Waals surface area contributed by atoms with Gasteiger partial charge in [-0.2, -0.15) is 0 Å². The summed E-state index contributed by atoms with van der Waals surface area (Å²) >= 11 is 0.921. The number of hydrogen-bond donors (Lipinski definition) is 2. The summed E-state index contributed by atoms with van der Waals surface area (Å²) in [6.45, 7) is 1.87. The highest BCUT2D eigenvalue weighted by atomic mass is 32.2. The van der Waals surface area contributed by atoms with Gasteiger partial charge in [0.2, 0.25) is 5.12 Å². The summed E-state index contributed by atoms with van der Waals surface area (Å²) in [5.74, 6) is -1.08. The molecule has 1 heterocycles. The quantitative estimate of drug-likeness (QED) is 0.718. The van der Waals surface area contributed by atoms with Gasteiger partial charge >= 0.3 is 5.97 Å². The molecule has 0 aliphatic heterocycles. The first-order valence-corrected chi connectivity index (χ1v) is 9.07. The highest BCUT2D eigenvalue weighted by molar-refractivity contribution is 8.14. The lowest BCUT2D eigenvalue weighted by molar-refractivity contribution is -0.137. The molecule has 0 aliphatic carbocycles. The van der Waals surface area contributed by atoms with Gasteiger partial charge in [-0.15, -0.1) is 0 Å². The largest absolute Gasteiger partial charge is 0.480 e. The average molecular weight is 366 g/mol. The Morgan fingerprint density at radius 3 is 2.65 bits per heavy atom. The summed E-state index contributed by atoms with van der Waals surface area (Å²) in [4.78, 5) is 28.0. The van der Waals surface area contributed by atoms with Crippen LogP contribution in [-0.2, 0) is 4.79 Å². The number of para-hydroxylation sites is 1. The maximum Gasteiger partial charge on any atom is 0.321 e. The van der Waals surface area contributed by atoms with E-state index in [4.69, 9.17) is 10.8 Å². The number of rotatable bonds is 5. The van der Waals surface area contributed by atoms with Crippen LogP contribution in [0.15, 0.2) is 54.6 Å². The van der Waals surface area contributed by atoms with Crippen LogP contribution in [-0.4, -0.2) is 33.0 Å². The minimum absolute atomic E-state index is 0.0338. The maximum absolute atomic E-state index is 12.5. The van der Waals surface area contributed by atoms with Crippen LogP contribution in [0.3, 0.4) is 0 Å². The van der Waals surface area contributed by atoms with Crippen LogP contribution in [0.4, 0.5) is 0 Å². The number of carbonyl (C=O) groups is 2. The summed E-state index contributed by atoms with van der Waals surface area (Å²) in [6, 6.07) is 16.2. The zero-order valence-corrected chi connectivity index (χ0v) is 15.0. The van der Waals surface area contributed by atoms with Crippen LogP contribution in [0.25, 0.3) is 22.2 Å². The molecule has 0 aliphatic rings. The fraction of sp³-hybridized carbons (Fsp3) is 0.150. The molecule has 1 atom stereocenters. The maximum atomic E-state index is 12.5. The van der Waals surface area contributed by atoms with Crippen LogP contribution < -0.4 is 5.73 Å². The van der Waals surface area contributed by atoms with Gasteiger partial charge in [-0.1, -0.05) is 54.2 Å². The highest BCUT2D eigenvalue weighted by Crippen LogP contribution is 2.28. The zero-order valence-electron chi connectivity index (χ0n) is 14.2. The summed E-state index contributed by atoms with van der Waals surface area (Å²) in [5.41, 5.74) is 9.40. The number of benzene rings is 2. The van der Waals surface area contributed by atoms with Gasteiger partial charge in [-0.25, -0.2) is 4.98 Å². The number of aliphatic carboxylic acids is 1. The molecule has 26 heavy (non-hydrogen) atoms. The van der Waals surface area contributed by atoms with E-state index in [0.717, 1.165) is 39.5 Å². The Bertz CT molecular complexity index is 988. The molecule has 1 aromatic heterocycles. The molecular formula is C20H18N2O3S. The zero-order chi connectivity index (χ0) is 18.7. The molecule has 0 radical (unpaired) electrons. The second-order valence-electron chi connectivity index (χ2n) is 5.91. The Morgan fingerprint density at radius 2 is 1.88 bits per heavy atom. The van der Waals surface area contributed by atoms with E-state index in [1.807, 2.05) is 55.5 Å². The predicted molar refractivity (Wildman–Crippen MR) is 104 cm³/mol. The van der Waals surface area contributed by atoms with Gasteiger partial charge in [-0.05, 0) is 24.6 Å². The van der Waals surface area contributed by atoms with Crippen molar-refractivity contribution in [3.63, 3.8) is 0 Å². The molecule has 132 valence electrons. The van der Waals surface area contributed by atoms with Gasteiger partial charge < -0.3 is 10.8 Å². The molecule has 0 saturated heterocycles. The third-order valence-corrected chi connectivity index (χ3v) is 5.15. The van der Waals surface area contributed by atoms with Crippen molar-refractivity contribution in [2.24, 2.45) is 5.73 Å². The first-order chi connectivity index (χ1) is 12.5. The van der Waals surface area contributed by atoms with Crippen molar-refractivity contribution in [2.45, 2.75) is 13.0 Å². The van der Waals surface area contributed by atoms with E-state index >= 15 is 0 Å². The minimum atomic E-state index is -1.11. The van der Waals surface area contributed by atoms with Crippen molar-refractivity contribution >= 4 is 33.7 Å². The van der Waals surface area contributed by atoms with Crippen LogP contribution in [0.5, 0.6) is 0 Å². The molecule has 0 spiro atoms. The van der Waals surface area contributed by atoms with Crippen molar-refractivity contribution in [3.05, 3.63) is 65.7 Å². The van der Waals surface area contributed by atoms with Gasteiger partial charge in [0.25, 0.3) is 0 Å². The molecule has 3 N–H and O–H groups in total. The Balaban J connectivity index is 1.91. The normalized spacial score (nSPS) is 12.1. The Kier molecular flexibility index (Phi) is 5.35. The standard InChI is InChI=1S/C20H18N2O3S/c1-12-14(18-10-9-13-5-2-3-8-17(13)22-18)6-4-7-15(12)20(25)26-11-16(21)19(23)24/h2-10,16H,11,21H2,1H3,(H,23,24). The van der Waals surface area contributed by atoms with Gasteiger partial charge in [0.15, 0.2) is 0 Å². The lowest BCUT2D eigenvalue weighted by Gasteiger charge is -2.11. The Hall–Kier alpha value is -2.70. The first-order valence-electron chi connectivity index (χ1n) is 8.08. The molecule has 1 unspecified atom stereocenters. The number of carboxylic acid groups (broad SMARTS) is 1. The fourth-order valence-corrected chi connectivity index (χ4v) is 3.51. The lowest BCUT2D eigenvalue weighted by Crippen LogP contribution is -2.32. The number of pyridine rings is 1. The number of nitrogens with zero attached hydrogens (tertiary/aromatic N) is 1. The SMILES string of the molecule is Cc1c(C(=O)SCC(N)C(=O)O)cccc1-c1ccc2ccccc2n1. The van der Waals surface area contributed by atoms with E-state index in [1.165, 1.54) is 0 Å². The number of aromatic nitrogens is 1. The van der Waals surface area contributed by atoms with Gasteiger partial charge in [0, 0.05) is 22.3 Å². The van der Waals surface area contributed by atoms with Gasteiger partial charge in [0.05, 0.1) is 11.2 Å². The molecule has 0 amide bonds. The molecule has 0 bridgehead atoms. The van der Waals surface area contributed by atoms with Crippen LogP contribution in [0.2, 0.25) is 0 Å². The second kappa shape index (κ2) is 7.68. The van der Waals surface area contributed by atoms with E-state index in [-0.39, 0.29) is 10.9 Å².